The summed E-state index contributed by atoms with van der Waals surface area (Å²) in [7, 11) is 0. The molecule has 1 aliphatic heterocycles. The van der Waals surface area contributed by atoms with Crippen LogP contribution in [0.2, 0.25) is 0 Å². The van der Waals surface area contributed by atoms with E-state index >= 15 is 0 Å². The third-order valence-electron chi connectivity index (χ3n) is 4.35. The van der Waals surface area contributed by atoms with Crippen molar-refractivity contribution in [3.63, 3.8) is 0 Å². The number of thiocarbonyl (C=S) groups is 1. The van der Waals surface area contributed by atoms with Gasteiger partial charge in [0, 0.05) is 24.5 Å². The Labute approximate surface area is 131 Å². The highest BCUT2D eigenvalue weighted by Gasteiger charge is 2.34. The van der Waals surface area contributed by atoms with Gasteiger partial charge < -0.3 is 16.0 Å². The van der Waals surface area contributed by atoms with Crippen molar-refractivity contribution in [2.45, 2.75) is 33.1 Å². The second kappa shape index (κ2) is 6.43. The molecule has 1 fully saturated rings. The summed E-state index contributed by atoms with van der Waals surface area (Å²) in [5.41, 5.74) is 6.89. The number of anilines is 2. The maximum absolute atomic E-state index is 12.4. The highest BCUT2D eigenvalue weighted by Crippen LogP contribution is 2.26. The van der Waals surface area contributed by atoms with Crippen LogP contribution >= 0.6 is 12.2 Å². The molecule has 1 unspecified atom stereocenters. The van der Waals surface area contributed by atoms with Gasteiger partial charge in [-0.1, -0.05) is 19.1 Å². The van der Waals surface area contributed by atoms with Crippen molar-refractivity contribution in [1.29, 1.82) is 0 Å². The Morgan fingerprint density at radius 2 is 1.90 bits per heavy atom. The van der Waals surface area contributed by atoms with E-state index in [1.54, 1.807) is 6.92 Å². The first-order valence-electron chi connectivity index (χ1n) is 7.44. The number of hydrogen-bond donors (Lipinski definition) is 2. The topological polar surface area (TPSA) is 58.4 Å². The predicted octanol–water partition coefficient (Wildman–Crippen LogP) is 2.93. The van der Waals surface area contributed by atoms with Gasteiger partial charge >= 0.3 is 0 Å². The van der Waals surface area contributed by atoms with Gasteiger partial charge in [0.1, 0.15) is 0 Å². The van der Waals surface area contributed by atoms with E-state index in [1.807, 2.05) is 31.2 Å². The Bertz CT molecular complexity index is 523. The van der Waals surface area contributed by atoms with Gasteiger partial charge in [-0.05, 0) is 50.5 Å². The number of nitrogens with two attached hydrogens (primary N) is 1. The summed E-state index contributed by atoms with van der Waals surface area (Å²) < 4.78 is 0. The molecule has 1 amide bonds. The van der Waals surface area contributed by atoms with Crippen LogP contribution in [0.15, 0.2) is 24.3 Å². The van der Waals surface area contributed by atoms with E-state index in [9.17, 15) is 4.79 Å². The second-order valence-corrected chi connectivity index (χ2v) is 6.18. The largest absolute Gasteiger partial charge is 0.392 e. The fourth-order valence-electron chi connectivity index (χ4n) is 2.45. The fraction of sp³-hybridized carbons (Fsp3) is 0.500. The van der Waals surface area contributed by atoms with Gasteiger partial charge in [0.2, 0.25) is 5.91 Å². The Morgan fingerprint density at radius 3 is 2.38 bits per heavy atom. The summed E-state index contributed by atoms with van der Waals surface area (Å²) in [6.07, 6.45) is 3.09. The minimum Gasteiger partial charge on any atom is -0.392 e. The number of nitrogens with zero attached hydrogens (tertiary/aromatic N) is 1. The van der Waals surface area contributed by atoms with Crippen LogP contribution in [0.5, 0.6) is 0 Å². The predicted molar refractivity (Wildman–Crippen MR) is 91.7 cm³/mol. The third-order valence-corrected chi connectivity index (χ3v) is 4.80. The normalized spacial score (nSPS) is 17.3. The average Bonchev–Trinajstić information content (AvgIpc) is 3.01. The summed E-state index contributed by atoms with van der Waals surface area (Å²) in [5, 5.41) is 2.91. The van der Waals surface area contributed by atoms with E-state index in [0.717, 1.165) is 18.8 Å². The number of benzene rings is 1. The van der Waals surface area contributed by atoms with Crippen molar-refractivity contribution in [3.8, 4) is 0 Å². The fourth-order valence-corrected chi connectivity index (χ4v) is 2.68. The number of carbonyl (C=O) groups excluding carboxylic acids is 1. The van der Waals surface area contributed by atoms with Crippen LogP contribution in [0.25, 0.3) is 0 Å². The van der Waals surface area contributed by atoms with Crippen LogP contribution in [-0.2, 0) is 4.79 Å². The Balaban J connectivity index is 2.06. The highest BCUT2D eigenvalue weighted by molar-refractivity contribution is 7.80. The molecular weight excluding hydrogens is 282 g/mol. The first-order chi connectivity index (χ1) is 9.97. The minimum absolute atomic E-state index is 0.147. The van der Waals surface area contributed by atoms with Crippen LogP contribution in [-0.4, -0.2) is 24.0 Å². The zero-order valence-corrected chi connectivity index (χ0v) is 13.5. The maximum atomic E-state index is 12.4. The van der Waals surface area contributed by atoms with Crippen molar-refractivity contribution in [3.05, 3.63) is 24.3 Å². The molecule has 1 atom stereocenters. The Morgan fingerprint density at radius 1 is 1.33 bits per heavy atom. The molecule has 21 heavy (non-hydrogen) atoms. The summed E-state index contributed by atoms with van der Waals surface area (Å²) >= 11 is 5.03. The summed E-state index contributed by atoms with van der Waals surface area (Å²) in [4.78, 5) is 14.9. The second-order valence-electron chi connectivity index (χ2n) is 5.75. The lowest BCUT2D eigenvalue weighted by Crippen LogP contribution is -2.43. The lowest BCUT2D eigenvalue weighted by molar-refractivity contribution is -0.121. The Hall–Kier alpha value is -1.62. The van der Waals surface area contributed by atoms with Crippen LogP contribution < -0.4 is 16.0 Å². The molecule has 0 bridgehead atoms. The van der Waals surface area contributed by atoms with E-state index in [2.05, 4.69) is 10.2 Å². The lowest BCUT2D eigenvalue weighted by atomic mass is 9.86. The SMILES string of the molecule is CCC(C)(C(=O)Nc1ccc(N2CCCC2)cc1)C(N)=S. The average molecular weight is 305 g/mol. The molecule has 1 saturated heterocycles. The molecule has 0 aliphatic carbocycles. The number of amides is 1. The van der Waals surface area contributed by atoms with Crippen LogP contribution in [0.3, 0.4) is 0 Å². The minimum atomic E-state index is -0.803. The molecule has 2 rings (SSSR count). The molecule has 0 aromatic heterocycles. The Kier molecular flexibility index (Phi) is 4.83. The maximum Gasteiger partial charge on any atom is 0.237 e. The van der Waals surface area contributed by atoms with Crippen LogP contribution in [0, 0.1) is 5.41 Å². The number of rotatable bonds is 5. The molecule has 3 N–H and O–H groups in total. The third kappa shape index (κ3) is 3.35. The summed E-state index contributed by atoms with van der Waals surface area (Å²) in [6.45, 7) is 5.92. The van der Waals surface area contributed by atoms with E-state index in [1.165, 1.54) is 18.5 Å². The van der Waals surface area contributed by atoms with E-state index in [0.29, 0.717) is 6.42 Å². The van der Waals surface area contributed by atoms with Gasteiger partial charge in [-0.15, -0.1) is 0 Å². The molecule has 114 valence electrons. The summed E-state index contributed by atoms with van der Waals surface area (Å²) in [6, 6.07) is 7.96. The van der Waals surface area contributed by atoms with Gasteiger partial charge in [0.15, 0.2) is 0 Å². The van der Waals surface area contributed by atoms with Gasteiger partial charge in [-0.25, -0.2) is 0 Å². The molecule has 1 aromatic rings. The van der Waals surface area contributed by atoms with E-state index in [-0.39, 0.29) is 10.9 Å². The monoisotopic (exact) mass is 305 g/mol. The van der Waals surface area contributed by atoms with Gasteiger partial charge in [-0.3, -0.25) is 4.79 Å². The number of carbonyl (C=O) groups is 1. The molecule has 0 radical (unpaired) electrons. The molecule has 1 aromatic carbocycles. The molecule has 1 heterocycles. The van der Waals surface area contributed by atoms with Crippen molar-refractivity contribution in [1.82, 2.24) is 0 Å². The molecule has 4 nitrogen and oxygen atoms in total. The first kappa shape index (κ1) is 15.8. The quantitative estimate of drug-likeness (QED) is 0.821. The number of hydrogen-bond acceptors (Lipinski definition) is 3. The highest BCUT2D eigenvalue weighted by atomic mass is 32.1. The van der Waals surface area contributed by atoms with Crippen LogP contribution in [0.4, 0.5) is 11.4 Å². The van der Waals surface area contributed by atoms with Gasteiger partial charge in [0.25, 0.3) is 0 Å². The standard InChI is InChI=1S/C16H23N3OS/c1-3-16(2,14(17)21)15(20)18-12-6-8-13(9-7-12)19-10-4-5-11-19/h6-9H,3-5,10-11H2,1-2H3,(H2,17,21)(H,18,20). The van der Waals surface area contributed by atoms with Crippen molar-refractivity contribution in [2.75, 3.05) is 23.3 Å². The van der Waals surface area contributed by atoms with Crippen molar-refractivity contribution >= 4 is 34.5 Å². The lowest BCUT2D eigenvalue weighted by Gasteiger charge is -2.25. The zero-order valence-electron chi connectivity index (χ0n) is 12.7. The van der Waals surface area contributed by atoms with Gasteiger partial charge in [0.05, 0.1) is 10.4 Å². The van der Waals surface area contributed by atoms with Crippen LogP contribution in [0.1, 0.15) is 33.1 Å². The van der Waals surface area contributed by atoms with Crippen molar-refractivity contribution in [2.24, 2.45) is 11.1 Å². The molecular formula is C16H23N3OS. The summed E-state index contributed by atoms with van der Waals surface area (Å²) in [5.74, 6) is -0.147. The van der Waals surface area contributed by atoms with Crippen molar-refractivity contribution < 1.29 is 4.79 Å². The zero-order chi connectivity index (χ0) is 15.5. The first-order valence-corrected chi connectivity index (χ1v) is 7.84. The molecule has 0 spiro atoms. The smallest absolute Gasteiger partial charge is 0.237 e. The van der Waals surface area contributed by atoms with Gasteiger partial charge in [-0.2, -0.15) is 0 Å². The molecule has 0 saturated carbocycles. The molecule has 1 aliphatic rings. The van der Waals surface area contributed by atoms with E-state index < -0.39 is 5.41 Å². The van der Waals surface area contributed by atoms with E-state index in [4.69, 9.17) is 18.0 Å². The number of nitrogens with one attached hydrogen (secondary N) is 1. The molecule has 5 heteroatoms.